The van der Waals surface area contributed by atoms with E-state index in [-0.39, 0.29) is 31.0 Å². The van der Waals surface area contributed by atoms with E-state index < -0.39 is 23.8 Å². The van der Waals surface area contributed by atoms with Crippen LogP contribution in [-0.2, 0) is 4.79 Å². The minimum Gasteiger partial charge on any atom is -0.391 e. The molecule has 1 amide bonds. The topological polar surface area (TPSA) is 43.8 Å². The van der Waals surface area contributed by atoms with Crippen LogP contribution < -0.4 is 0 Å². The van der Waals surface area contributed by atoms with Crippen LogP contribution in [0.1, 0.15) is 37.8 Å². The van der Waals surface area contributed by atoms with Crippen molar-refractivity contribution in [3.63, 3.8) is 0 Å². The van der Waals surface area contributed by atoms with Crippen LogP contribution in [0.15, 0.2) is 18.2 Å². The molecule has 0 aromatic heterocycles. The average molecular weight is 324 g/mol. The molecule has 126 valence electrons. The van der Waals surface area contributed by atoms with Gasteiger partial charge in [0.25, 0.3) is 0 Å². The molecule has 1 N–H and O–H groups in total. The summed E-state index contributed by atoms with van der Waals surface area (Å²) in [5, 5.41) is 9.93. The molecule has 2 aliphatic rings. The number of aliphatic hydroxyl groups is 1. The second-order valence-electron chi connectivity index (χ2n) is 6.41. The van der Waals surface area contributed by atoms with E-state index in [4.69, 9.17) is 0 Å². The van der Waals surface area contributed by atoms with Gasteiger partial charge in [-0.05, 0) is 44.0 Å². The lowest BCUT2D eigenvalue weighted by Gasteiger charge is -2.28. The van der Waals surface area contributed by atoms with Crippen molar-refractivity contribution in [3.8, 4) is 0 Å². The Bertz CT molecular complexity index is 592. The van der Waals surface area contributed by atoms with Crippen LogP contribution in [0.3, 0.4) is 0 Å². The number of halogens is 2. The maximum Gasteiger partial charge on any atom is 0.237 e. The van der Waals surface area contributed by atoms with Crippen molar-refractivity contribution < 1.29 is 18.7 Å². The molecule has 1 aliphatic carbocycles. The molecule has 6 heteroatoms. The van der Waals surface area contributed by atoms with E-state index in [1.54, 1.807) is 0 Å². The average Bonchev–Trinajstić information content (AvgIpc) is 3.29. The lowest BCUT2D eigenvalue weighted by Crippen LogP contribution is -2.41. The summed E-state index contributed by atoms with van der Waals surface area (Å²) in [6, 6.07) is 3.10. The van der Waals surface area contributed by atoms with Crippen LogP contribution in [0.5, 0.6) is 0 Å². The molecule has 2 atom stereocenters. The van der Waals surface area contributed by atoms with Gasteiger partial charge in [0, 0.05) is 18.2 Å². The van der Waals surface area contributed by atoms with E-state index in [9.17, 15) is 18.7 Å². The number of likely N-dealkylation sites (N-methyl/N-ethyl adjacent to an activating group) is 1. The maximum atomic E-state index is 14.1. The fourth-order valence-corrected chi connectivity index (χ4v) is 3.36. The van der Waals surface area contributed by atoms with Gasteiger partial charge in [-0.15, -0.1) is 0 Å². The van der Waals surface area contributed by atoms with E-state index in [0.717, 1.165) is 37.6 Å². The normalized spacial score (nSPS) is 24.5. The Balaban J connectivity index is 1.78. The van der Waals surface area contributed by atoms with Crippen molar-refractivity contribution in [2.75, 3.05) is 19.6 Å². The highest BCUT2D eigenvalue weighted by molar-refractivity contribution is 5.79. The van der Waals surface area contributed by atoms with Gasteiger partial charge in [0.15, 0.2) is 0 Å². The molecular weight excluding hydrogens is 302 g/mol. The van der Waals surface area contributed by atoms with Gasteiger partial charge in [0.1, 0.15) is 11.6 Å². The first-order valence-corrected chi connectivity index (χ1v) is 8.16. The number of nitrogens with zero attached hydrogens (tertiary/aromatic N) is 2. The second-order valence-corrected chi connectivity index (χ2v) is 6.41. The SMILES string of the molecule is CCN(CC(=O)N1C[C@H](O)C[C@H]1c1cc(F)ccc1F)C1CC1. The van der Waals surface area contributed by atoms with Crippen molar-refractivity contribution in [2.24, 2.45) is 0 Å². The maximum absolute atomic E-state index is 14.1. The van der Waals surface area contributed by atoms with Crippen molar-refractivity contribution >= 4 is 5.91 Å². The van der Waals surface area contributed by atoms with Crippen LogP contribution in [0, 0.1) is 11.6 Å². The number of aliphatic hydroxyl groups excluding tert-OH is 1. The molecule has 0 unspecified atom stereocenters. The van der Waals surface area contributed by atoms with E-state index >= 15 is 0 Å². The Labute approximate surface area is 134 Å². The fraction of sp³-hybridized carbons (Fsp3) is 0.588. The van der Waals surface area contributed by atoms with Gasteiger partial charge >= 0.3 is 0 Å². The molecular formula is C17H22F2N2O2. The Morgan fingerprint density at radius 1 is 1.39 bits per heavy atom. The van der Waals surface area contributed by atoms with Crippen LogP contribution >= 0.6 is 0 Å². The van der Waals surface area contributed by atoms with Crippen molar-refractivity contribution in [3.05, 3.63) is 35.4 Å². The highest BCUT2D eigenvalue weighted by Gasteiger charge is 2.38. The summed E-state index contributed by atoms with van der Waals surface area (Å²) in [4.78, 5) is 16.2. The quantitative estimate of drug-likeness (QED) is 0.902. The third kappa shape index (κ3) is 3.53. The van der Waals surface area contributed by atoms with E-state index in [1.165, 1.54) is 4.90 Å². The molecule has 1 saturated carbocycles. The number of benzene rings is 1. The van der Waals surface area contributed by atoms with Gasteiger partial charge in [-0.1, -0.05) is 6.92 Å². The molecule has 1 heterocycles. The number of β-amino-alcohol motifs (C(OH)–C–C–N with tert-alkyl or cyclic N) is 1. The third-order valence-corrected chi connectivity index (χ3v) is 4.72. The second kappa shape index (κ2) is 6.53. The number of amides is 1. The molecule has 23 heavy (non-hydrogen) atoms. The highest BCUT2D eigenvalue weighted by Crippen LogP contribution is 2.35. The Kier molecular flexibility index (Phi) is 4.64. The summed E-state index contributed by atoms with van der Waals surface area (Å²) in [6.07, 6.45) is 1.74. The standard InChI is InChI=1S/C17H22F2N2O2/c1-2-20(12-4-5-12)10-17(23)21-9-13(22)8-16(21)14-7-11(18)3-6-15(14)19/h3,6-7,12-13,16,22H,2,4-5,8-10H2,1H3/t13-,16+/m1/s1. The largest absolute Gasteiger partial charge is 0.391 e. The van der Waals surface area contributed by atoms with Crippen LogP contribution in [-0.4, -0.2) is 52.6 Å². The third-order valence-electron chi connectivity index (χ3n) is 4.72. The number of carbonyl (C=O) groups is 1. The van der Waals surface area contributed by atoms with Crippen molar-refractivity contribution in [1.82, 2.24) is 9.80 Å². The van der Waals surface area contributed by atoms with Crippen molar-refractivity contribution in [1.29, 1.82) is 0 Å². The molecule has 0 bridgehead atoms. The van der Waals surface area contributed by atoms with E-state index in [1.807, 2.05) is 6.92 Å². The fourth-order valence-electron chi connectivity index (χ4n) is 3.36. The molecule has 3 rings (SSSR count). The first kappa shape index (κ1) is 16.3. The van der Waals surface area contributed by atoms with Crippen LogP contribution in [0.2, 0.25) is 0 Å². The van der Waals surface area contributed by atoms with Gasteiger partial charge < -0.3 is 10.0 Å². The number of hydrogen-bond donors (Lipinski definition) is 1. The summed E-state index contributed by atoms with van der Waals surface area (Å²) in [5.41, 5.74) is 0.143. The number of carbonyl (C=O) groups excluding carboxylic acids is 1. The number of rotatable bonds is 5. The highest BCUT2D eigenvalue weighted by atomic mass is 19.1. The zero-order valence-electron chi connectivity index (χ0n) is 13.2. The molecule has 4 nitrogen and oxygen atoms in total. The Morgan fingerprint density at radius 3 is 2.78 bits per heavy atom. The summed E-state index contributed by atoms with van der Waals surface area (Å²) in [6.45, 7) is 3.23. The van der Waals surface area contributed by atoms with E-state index in [0.29, 0.717) is 6.04 Å². The van der Waals surface area contributed by atoms with Gasteiger partial charge in [-0.3, -0.25) is 9.69 Å². The summed E-state index contributed by atoms with van der Waals surface area (Å²) >= 11 is 0. The molecule has 1 aliphatic heterocycles. The van der Waals surface area contributed by atoms with Gasteiger partial charge in [-0.2, -0.15) is 0 Å². The number of likely N-dealkylation sites (tertiary alicyclic amines) is 1. The summed E-state index contributed by atoms with van der Waals surface area (Å²) < 4.78 is 27.5. The summed E-state index contributed by atoms with van der Waals surface area (Å²) in [5.74, 6) is -1.22. The minimum atomic E-state index is -0.706. The minimum absolute atomic E-state index is 0.135. The lowest BCUT2D eigenvalue weighted by atomic mass is 10.0. The molecule has 0 radical (unpaired) electrons. The molecule has 2 fully saturated rings. The first-order chi connectivity index (χ1) is 11.0. The van der Waals surface area contributed by atoms with Gasteiger partial charge in [0.2, 0.25) is 5.91 Å². The van der Waals surface area contributed by atoms with E-state index in [2.05, 4.69) is 4.90 Å². The molecule has 0 spiro atoms. The predicted octanol–water partition coefficient (Wildman–Crippen LogP) is 2.08. The molecule has 1 saturated heterocycles. The predicted molar refractivity (Wildman–Crippen MR) is 81.7 cm³/mol. The smallest absolute Gasteiger partial charge is 0.237 e. The monoisotopic (exact) mass is 324 g/mol. The van der Waals surface area contributed by atoms with Gasteiger partial charge in [-0.25, -0.2) is 8.78 Å². The van der Waals surface area contributed by atoms with Crippen LogP contribution in [0.25, 0.3) is 0 Å². The molecule has 1 aromatic carbocycles. The van der Waals surface area contributed by atoms with Gasteiger partial charge in [0.05, 0.1) is 18.7 Å². The van der Waals surface area contributed by atoms with Crippen LogP contribution in [0.4, 0.5) is 8.78 Å². The zero-order chi connectivity index (χ0) is 16.6. The zero-order valence-corrected chi connectivity index (χ0v) is 13.2. The summed E-state index contributed by atoms with van der Waals surface area (Å²) in [7, 11) is 0. The van der Waals surface area contributed by atoms with Crippen molar-refractivity contribution in [2.45, 2.75) is 44.4 Å². The first-order valence-electron chi connectivity index (χ1n) is 8.16. The Morgan fingerprint density at radius 2 is 2.13 bits per heavy atom. The number of hydrogen-bond acceptors (Lipinski definition) is 3. The molecule has 1 aromatic rings. The lowest BCUT2D eigenvalue weighted by molar-refractivity contribution is -0.133. The Hall–Kier alpha value is -1.53.